The smallest absolute Gasteiger partial charge is 0.191 e. The van der Waals surface area contributed by atoms with Crippen molar-refractivity contribution < 1.29 is 4.42 Å². The third-order valence-corrected chi connectivity index (χ3v) is 3.02. The van der Waals surface area contributed by atoms with E-state index in [0.717, 1.165) is 36.8 Å². The lowest BCUT2D eigenvalue weighted by Gasteiger charge is -2.10. The van der Waals surface area contributed by atoms with Crippen LogP contribution in [0.25, 0.3) is 0 Å². The highest BCUT2D eigenvalue weighted by atomic mass is 127. The number of halogens is 2. The summed E-state index contributed by atoms with van der Waals surface area (Å²) in [5, 5.41) is 6.97. The van der Waals surface area contributed by atoms with Crippen molar-refractivity contribution in [2.24, 2.45) is 4.99 Å². The first-order valence-electron chi connectivity index (χ1n) is 6.93. The largest absolute Gasteiger partial charge is 0.469 e. The molecule has 22 heavy (non-hydrogen) atoms. The maximum atomic E-state index is 5.76. The van der Waals surface area contributed by atoms with E-state index in [1.807, 2.05) is 25.1 Å². The van der Waals surface area contributed by atoms with Crippen molar-refractivity contribution in [3.05, 3.63) is 53.2 Å². The van der Waals surface area contributed by atoms with E-state index in [0.29, 0.717) is 11.7 Å². The molecule has 2 rings (SSSR count). The summed E-state index contributed by atoms with van der Waals surface area (Å²) in [7, 11) is 0. The summed E-state index contributed by atoms with van der Waals surface area (Å²) in [6.07, 6.45) is 4.24. The van der Waals surface area contributed by atoms with Crippen LogP contribution in [-0.4, -0.2) is 24.0 Å². The third-order valence-electron chi connectivity index (χ3n) is 2.80. The minimum Gasteiger partial charge on any atom is -0.469 e. The molecule has 0 aliphatic carbocycles. The van der Waals surface area contributed by atoms with Gasteiger partial charge < -0.3 is 15.1 Å². The monoisotopic (exact) mass is 434 g/mol. The van der Waals surface area contributed by atoms with Gasteiger partial charge in [-0.15, -0.1) is 24.0 Å². The average Bonchev–Trinajstić information content (AvgIpc) is 3.00. The molecule has 0 saturated heterocycles. The van der Waals surface area contributed by atoms with Crippen molar-refractivity contribution in [2.75, 3.05) is 13.1 Å². The molecule has 0 aliphatic heterocycles. The number of hydrogen-bond donors (Lipinski definition) is 2. The highest BCUT2D eigenvalue weighted by Gasteiger charge is 2.00. The van der Waals surface area contributed by atoms with Crippen LogP contribution >= 0.6 is 35.6 Å². The molecule has 0 atom stereocenters. The Balaban J connectivity index is 0.00000242. The number of furan rings is 1. The Morgan fingerprint density at radius 3 is 2.82 bits per heavy atom. The second-order valence-electron chi connectivity index (χ2n) is 4.44. The Hall–Kier alpha value is -1.28. The van der Waals surface area contributed by atoms with Gasteiger partial charge in [-0.1, -0.05) is 17.7 Å². The van der Waals surface area contributed by atoms with Gasteiger partial charge >= 0.3 is 0 Å². The normalized spacial score (nSPS) is 10.9. The molecule has 0 radical (unpaired) electrons. The SMILES string of the molecule is CCNC(=NCc1ccc(Cl)nc1)NCCc1ccco1.I. The Kier molecular flexibility index (Phi) is 8.91. The van der Waals surface area contributed by atoms with Gasteiger partial charge in [-0.3, -0.25) is 0 Å². The number of aromatic nitrogens is 1. The van der Waals surface area contributed by atoms with Crippen LogP contribution in [0.15, 0.2) is 46.1 Å². The summed E-state index contributed by atoms with van der Waals surface area (Å²) in [5.41, 5.74) is 1.02. The number of hydrogen-bond acceptors (Lipinski definition) is 3. The van der Waals surface area contributed by atoms with Gasteiger partial charge in [-0.25, -0.2) is 9.98 Å². The van der Waals surface area contributed by atoms with Gasteiger partial charge in [0, 0.05) is 25.7 Å². The van der Waals surface area contributed by atoms with Crippen molar-refractivity contribution in [1.29, 1.82) is 0 Å². The second kappa shape index (κ2) is 10.4. The maximum Gasteiger partial charge on any atom is 0.191 e. The Bertz CT molecular complexity index is 557. The van der Waals surface area contributed by atoms with E-state index in [2.05, 4.69) is 20.6 Å². The second-order valence-corrected chi connectivity index (χ2v) is 4.83. The fourth-order valence-corrected chi connectivity index (χ4v) is 1.88. The molecule has 0 amide bonds. The van der Waals surface area contributed by atoms with Crippen LogP contribution < -0.4 is 10.6 Å². The molecule has 2 aromatic heterocycles. The summed E-state index contributed by atoms with van der Waals surface area (Å²) in [6, 6.07) is 7.54. The molecular weight excluding hydrogens is 415 g/mol. The molecular formula is C15H20ClIN4O. The molecule has 2 heterocycles. The summed E-state index contributed by atoms with van der Waals surface area (Å²) in [4.78, 5) is 8.55. The molecule has 0 spiro atoms. The van der Waals surface area contributed by atoms with Gasteiger partial charge in [-0.2, -0.15) is 0 Å². The van der Waals surface area contributed by atoms with E-state index in [9.17, 15) is 0 Å². The average molecular weight is 435 g/mol. The van der Waals surface area contributed by atoms with E-state index in [1.54, 1.807) is 18.5 Å². The van der Waals surface area contributed by atoms with Crippen molar-refractivity contribution in [3.63, 3.8) is 0 Å². The number of pyridine rings is 1. The summed E-state index contributed by atoms with van der Waals surface area (Å²) >= 11 is 5.76. The number of nitrogens with zero attached hydrogens (tertiary/aromatic N) is 2. The predicted molar refractivity (Wildman–Crippen MR) is 99.9 cm³/mol. The van der Waals surface area contributed by atoms with Crippen molar-refractivity contribution in [1.82, 2.24) is 15.6 Å². The van der Waals surface area contributed by atoms with E-state index >= 15 is 0 Å². The maximum absolute atomic E-state index is 5.76. The fourth-order valence-electron chi connectivity index (χ4n) is 1.77. The van der Waals surface area contributed by atoms with E-state index < -0.39 is 0 Å². The van der Waals surface area contributed by atoms with Crippen LogP contribution in [-0.2, 0) is 13.0 Å². The lowest BCUT2D eigenvalue weighted by Crippen LogP contribution is -2.38. The molecule has 0 saturated carbocycles. The number of rotatable bonds is 6. The number of nitrogens with one attached hydrogen (secondary N) is 2. The Morgan fingerprint density at radius 1 is 1.32 bits per heavy atom. The van der Waals surface area contributed by atoms with Crippen LogP contribution in [0.5, 0.6) is 0 Å². The standard InChI is InChI=1S/C15H19ClN4O.HI/c1-2-17-15(18-8-7-13-4-3-9-21-13)20-11-12-5-6-14(16)19-10-12;/h3-6,9-10H,2,7-8,11H2,1H3,(H2,17,18,20);1H. The van der Waals surface area contributed by atoms with Gasteiger partial charge in [0.05, 0.1) is 12.8 Å². The van der Waals surface area contributed by atoms with Crippen molar-refractivity contribution in [2.45, 2.75) is 19.9 Å². The summed E-state index contributed by atoms with van der Waals surface area (Å²) < 4.78 is 5.29. The van der Waals surface area contributed by atoms with Crippen LogP contribution in [0, 0.1) is 0 Å². The van der Waals surface area contributed by atoms with Gasteiger partial charge in [0.2, 0.25) is 0 Å². The van der Waals surface area contributed by atoms with Gasteiger partial charge in [-0.05, 0) is 30.7 Å². The zero-order chi connectivity index (χ0) is 14.9. The van der Waals surface area contributed by atoms with Crippen molar-refractivity contribution >= 4 is 41.5 Å². The summed E-state index contributed by atoms with van der Waals surface area (Å²) in [5.74, 6) is 1.74. The molecule has 0 aromatic carbocycles. The first-order valence-corrected chi connectivity index (χ1v) is 7.30. The quantitative estimate of drug-likeness (QED) is 0.317. The molecule has 0 aliphatic rings. The lowest BCUT2D eigenvalue weighted by atomic mass is 10.3. The molecule has 0 bridgehead atoms. The van der Waals surface area contributed by atoms with E-state index in [-0.39, 0.29) is 24.0 Å². The molecule has 0 fully saturated rings. The van der Waals surface area contributed by atoms with E-state index in [1.165, 1.54) is 0 Å². The van der Waals surface area contributed by atoms with Crippen LogP contribution in [0.1, 0.15) is 18.2 Å². The molecule has 120 valence electrons. The van der Waals surface area contributed by atoms with Crippen LogP contribution in [0.2, 0.25) is 5.15 Å². The zero-order valence-electron chi connectivity index (χ0n) is 12.4. The number of guanidine groups is 1. The highest BCUT2D eigenvalue weighted by molar-refractivity contribution is 14.0. The fraction of sp³-hybridized carbons (Fsp3) is 0.333. The summed E-state index contributed by atoms with van der Waals surface area (Å²) in [6.45, 7) is 4.16. The minimum absolute atomic E-state index is 0. The molecule has 0 unspecified atom stereocenters. The molecule has 2 N–H and O–H groups in total. The predicted octanol–water partition coefficient (Wildman–Crippen LogP) is 3.24. The molecule has 5 nitrogen and oxygen atoms in total. The van der Waals surface area contributed by atoms with Gasteiger partial charge in [0.1, 0.15) is 10.9 Å². The molecule has 2 aromatic rings. The van der Waals surface area contributed by atoms with Crippen LogP contribution in [0.3, 0.4) is 0 Å². The number of aliphatic imine (C=N–C) groups is 1. The topological polar surface area (TPSA) is 62.5 Å². The zero-order valence-corrected chi connectivity index (χ0v) is 15.5. The Labute approximate surface area is 152 Å². The lowest BCUT2D eigenvalue weighted by molar-refractivity contribution is 0.507. The highest BCUT2D eigenvalue weighted by Crippen LogP contribution is 2.06. The molecule has 7 heteroatoms. The van der Waals surface area contributed by atoms with Gasteiger partial charge in [0.25, 0.3) is 0 Å². The van der Waals surface area contributed by atoms with Crippen molar-refractivity contribution in [3.8, 4) is 0 Å². The Morgan fingerprint density at radius 2 is 2.18 bits per heavy atom. The third kappa shape index (κ3) is 6.65. The van der Waals surface area contributed by atoms with Gasteiger partial charge in [0.15, 0.2) is 5.96 Å². The van der Waals surface area contributed by atoms with Crippen LogP contribution in [0.4, 0.5) is 0 Å². The minimum atomic E-state index is 0. The first-order chi connectivity index (χ1) is 10.3. The first kappa shape index (κ1) is 18.8. The van der Waals surface area contributed by atoms with E-state index in [4.69, 9.17) is 16.0 Å².